The summed E-state index contributed by atoms with van der Waals surface area (Å²) in [5.41, 5.74) is 1.84. The first kappa shape index (κ1) is 12.8. The topological polar surface area (TPSA) is 66.4 Å². The molecule has 19 heavy (non-hydrogen) atoms. The minimum atomic E-state index is -1.07. The normalized spacial score (nSPS) is 9.95. The second-order valence-electron chi connectivity index (χ2n) is 4.17. The molecule has 0 aromatic heterocycles. The molecule has 4 heteroatoms. The summed E-state index contributed by atoms with van der Waals surface area (Å²) in [7, 11) is 0. The van der Waals surface area contributed by atoms with Gasteiger partial charge in [0.15, 0.2) is 0 Å². The minimum absolute atomic E-state index is 0.0727. The van der Waals surface area contributed by atoms with Gasteiger partial charge in [-0.1, -0.05) is 29.8 Å². The highest BCUT2D eigenvalue weighted by atomic mass is 16.4. The van der Waals surface area contributed by atoms with Crippen LogP contribution in [0, 0.1) is 6.92 Å². The Morgan fingerprint density at radius 3 is 2.47 bits per heavy atom. The van der Waals surface area contributed by atoms with Gasteiger partial charge in [-0.3, -0.25) is 4.79 Å². The van der Waals surface area contributed by atoms with Crippen molar-refractivity contribution in [1.29, 1.82) is 0 Å². The van der Waals surface area contributed by atoms with Crippen LogP contribution in [0.25, 0.3) is 0 Å². The van der Waals surface area contributed by atoms with E-state index in [9.17, 15) is 9.59 Å². The highest BCUT2D eigenvalue weighted by Gasteiger charge is 2.12. The predicted octanol–water partition coefficient (Wildman–Crippen LogP) is 2.95. The molecule has 2 N–H and O–H groups in total. The molecule has 0 fully saturated rings. The van der Waals surface area contributed by atoms with Gasteiger partial charge in [0.05, 0.1) is 11.3 Å². The van der Waals surface area contributed by atoms with Crippen LogP contribution in [0.5, 0.6) is 0 Å². The van der Waals surface area contributed by atoms with E-state index in [0.717, 1.165) is 5.56 Å². The lowest BCUT2D eigenvalue weighted by molar-refractivity contribution is 0.0698. The fourth-order valence-electron chi connectivity index (χ4n) is 1.76. The molecule has 0 bridgehead atoms. The van der Waals surface area contributed by atoms with Crippen molar-refractivity contribution in [1.82, 2.24) is 0 Å². The van der Waals surface area contributed by atoms with Crippen molar-refractivity contribution in [2.75, 3.05) is 5.32 Å². The van der Waals surface area contributed by atoms with Crippen LogP contribution in [0.1, 0.15) is 26.3 Å². The zero-order valence-corrected chi connectivity index (χ0v) is 10.4. The number of amides is 1. The third-order valence-electron chi connectivity index (χ3n) is 2.69. The summed E-state index contributed by atoms with van der Waals surface area (Å²) in [6, 6.07) is 13.4. The van der Waals surface area contributed by atoms with Crippen LogP contribution in [0.4, 0.5) is 5.69 Å². The van der Waals surface area contributed by atoms with Gasteiger partial charge < -0.3 is 10.4 Å². The fourth-order valence-corrected chi connectivity index (χ4v) is 1.76. The van der Waals surface area contributed by atoms with Crippen LogP contribution in [-0.2, 0) is 0 Å². The van der Waals surface area contributed by atoms with Gasteiger partial charge in [-0.05, 0) is 31.2 Å². The molecule has 4 nitrogen and oxygen atoms in total. The smallest absolute Gasteiger partial charge is 0.337 e. The first-order valence-electron chi connectivity index (χ1n) is 5.78. The predicted molar refractivity (Wildman–Crippen MR) is 72.5 cm³/mol. The number of aryl methyl sites for hydroxylation is 1. The Labute approximate surface area is 110 Å². The molecule has 0 aliphatic rings. The van der Waals surface area contributed by atoms with Crippen molar-refractivity contribution in [2.45, 2.75) is 6.92 Å². The molecule has 0 saturated heterocycles. The quantitative estimate of drug-likeness (QED) is 0.886. The zero-order valence-electron chi connectivity index (χ0n) is 10.4. The number of carboxylic acid groups (broad SMARTS) is 1. The third kappa shape index (κ3) is 2.98. The summed E-state index contributed by atoms with van der Waals surface area (Å²) in [5, 5.41) is 11.7. The fraction of sp³-hybridized carbons (Fsp3) is 0.0667. The standard InChI is InChI=1S/C15H13NO3/c1-10-5-4-6-11(9-10)14(17)16-13-8-3-2-7-12(13)15(18)19/h2-9H,1H3,(H,16,17)(H,18,19). The summed E-state index contributed by atoms with van der Waals surface area (Å²) in [4.78, 5) is 23.1. The van der Waals surface area contributed by atoms with Crippen molar-refractivity contribution in [3.63, 3.8) is 0 Å². The van der Waals surface area contributed by atoms with E-state index >= 15 is 0 Å². The van der Waals surface area contributed by atoms with Gasteiger partial charge in [-0.15, -0.1) is 0 Å². The van der Waals surface area contributed by atoms with Crippen molar-refractivity contribution in [2.24, 2.45) is 0 Å². The van der Waals surface area contributed by atoms with Crippen molar-refractivity contribution in [3.8, 4) is 0 Å². The highest BCUT2D eigenvalue weighted by molar-refractivity contribution is 6.07. The minimum Gasteiger partial charge on any atom is -0.478 e. The van der Waals surface area contributed by atoms with Crippen LogP contribution >= 0.6 is 0 Å². The Kier molecular flexibility index (Phi) is 3.61. The zero-order chi connectivity index (χ0) is 13.8. The molecule has 2 aromatic rings. The molecular weight excluding hydrogens is 242 g/mol. The number of hydrogen-bond acceptors (Lipinski definition) is 2. The second kappa shape index (κ2) is 5.35. The number of anilines is 1. The van der Waals surface area contributed by atoms with Gasteiger partial charge in [0, 0.05) is 5.56 Å². The van der Waals surface area contributed by atoms with Crippen LogP contribution in [-0.4, -0.2) is 17.0 Å². The van der Waals surface area contributed by atoms with Crippen LogP contribution in [0.2, 0.25) is 0 Å². The van der Waals surface area contributed by atoms with Crippen LogP contribution in [0.3, 0.4) is 0 Å². The van der Waals surface area contributed by atoms with Crippen molar-refractivity contribution < 1.29 is 14.7 Å². The number of hydrogen-bond donors (Lipinski definition) is 2. The maximum atomic E-state index is 12.0. The summed E-state index contributed by atoms with van der Waals surface area (Å²) in [6.07, 6.45) is 0. The molecule has 0 radical (unpaired) electrons. The Morgan fingerprint density at radius 1 is 1.05 bits per heavy atom. The number of rotatable bonds is 3. The first-order valence-corrected chi connectivity index (χ1v) is 5.78. The Hall–Kier alpha value is -2.62. The van der Waals surface area contributed by atoms with E-state index in [0.29, 0.717) is 11.3 Å². The number of carboxylic acids is 1. The Balaban J connectivity index is 2.27. The number of para-hydroxylation sites is 1. The van der Waals surface area contributed by atoms with Gasteiger partial charge in [-0.25, -0.2) is 4.79 Å². The molecule has 0 aliphatic carbocycles. The lowest BCUT2D eigenvalue weighted by atomic mass is 10.1. The molecule has 1 amide bonds. The molecule has 2 rings (SSSR count). The molecule has 2 aromatic carbocycles. The van der Waals surface area contributed by atoms with Gasteiger partial charge >= 0.3 is 5.97 Å². The molecule has 0 aliphatic heterocycles. The van der Waals surface area contributed by atoms with Crippen molar-refractivity contribution >= 4 is 17.6 Å². The monoisotopic (exact) mass is 255 g/mol. The van der Waals surface area contributed by atoms with E-state index in [2.05, 4.69) is 5.32 Å². The van der Waals surface area contributed by atoms with E-state index < -0.39 is 5.97 Å². The van der Waals surface area contributed by atoms with E-state index in [1.165, 1.54) is 6.07 Å². The lowest BCUT2D eigenvalue weighted by Crippen LogP contribution is -2.14. The summed E-state index contributed by atoms with van der Waals surface area (Å²) in [5.74, 6) is -1.39. The molecule has 0 saturated carbocycles. The molecule has 0 spiro atoms. The number of carbonyl (C=O) groups is 2. The van der Waals surface area contributed by atoms with Gasteiger partial charge in [0.1, 0.15) is 0 Å². The van der Waals surface area contributed by atoms with Gasteiger partial charge in [0.2, 0.25) is 0 Å². The van der Waals surface area contributed by atoms with Crippen LogP contribution < -0.4 is 5.32 Å². The third-order valence-corrected chi connectivity index (χ3v) is 2.69. The maximum absolute atomic E-state index is 12.0. The molecule has 0 unspecified atom stereocenters. The maximum Gasteiger partial charge on any atom is 0.337 e. The number of benzene rings is 2. The van der Waals surface area contributed by atoms with E-state index in [4.69, 9.17) is 5.11 Å². The Morgan fingerprint density at radius 2 is 1.79 bits per heavy atom. The molecular formula is C15H13NO3. The van der Waals surface area contributed by atoms with Gasteiger partial charge in [-0.2, -0.15) is 0 Å². The largest absolute Gasteiger partial charge is 0.478 e. The number of nitrogens with one attached hydrogen (secondary N) is 1. The molecule has 0 atom stereocenters. The summed E-state index contributed by atoms with van der Waals surface area (Å²) >= 11 is 0. The van der Waals surface area contributed by atoms with E-state index in [1.807, 2.05) is 13.0 Å². The number of carbonyl (C=O) groups excluding carboxylic acids is 1. The molecule has 0 heterocycles. The van der Waals surface area contributed by atoms with E-state index in [-0.39, 0.29) is 11.5 Å². The summed E-state index contributed by atoms with van der Waals surface area (Å²) < 4.78 is 0. The number of aromatic carboxylic acids is 1. The van der Waals surface area contributed by atoms with Gasteiger partial charge in [0.25, 0.3) is 5.91 Å². The van der Waals surface area contributed by atoms with E-state index in [1.54, 1.807) is 36.4 Å². The molecule has 96 valence electrons. The first-order chi connectivity index (χ1) is 9.08. The Bertz CT molecular complexity index is 635. The SMILES string of the molecule is Cc1cccc(C(=O)Nc2ccccc2C(=O)O)c1. The highest BCUT2D eigenvalue weighted by Crippen LogP contribution is 2.16. The average molecular weight is 255 g/mol. The lowest BCUT2D eigenvalue weighted by Gasteiger charge is -2.08. The average Bonchev–Trinajstić information content (AvgIpc) is 2.39. The van der Waals surface area contributed by atoms with Crippen molar-refractivity contribution in [3.05, 3.63) is 65.2 Å². The van der Waals surface area contributed by atoms with Crippen LogP contribution in [0.15, 0.2) is 48.5 Å². The second-order valence-corrected chi connectivity index (χ2v) is 4.17. The summed E-state index contributed by atoms with van der Waals surface area (Å²) in [6.45, 7) is 1.89.